The number of ketones is 2. The van der Waals surface area contributed by atoms with Crippen LogP contribution < -0.4 is 5.73 Å². The van der Waals surface area contributed by atoms with Crippen molar-refractivity contribution in [3.8, 4) is 0 Å². The number of ether oxygens (including phenoxy) is 1. The van der Waals surface area contributed by atoms with Gasteiger partial charge in [-0.3, -0.25) is 14.2 Å². The smallest absolute Gasteiger partial charge is 0.237 e. The van der Waals surface area contributed by atoms with E-state index in [0.29, 0.717) is 0 Å². The summed E-state index contributed by atoms with van der Waals surface area (Å²) in [6.07, 6.45) is -3.33. The molecule has 1 fully saturated rings. The lowest BCUT2D eigenvalue weighted by Crippen LogP contribution is -2.55. The largest absolute Gasteiger partial charge is 0.394 e. The minimum Gasteiger partial charge on any atom is -0.394 e. The van der Waals surface area contributed by atoms with Gasteiger partial charge in [-0.05, 0) is 0 Å². The van der Waals surface area contributed by atoms with Gasteiger partial charge in [0, 0.05) is 10.8 Å². The van der Waals surface area contributed by atoms with Crippen molar-refractivity contribution in [2.24, 2.45) is 10.8 Å². The average molecular weight is 435 g/mol. The summed E-state index contributed by atoms with van der Waals surface area (Å²) in [6, 6.07) is 0. The van der Waals surface area contributed by atoms with Gasteiger partial charge in [0.25, 0.3) is 0 Å². The highest BCUT2D eigenvalue weighted by molar-refractivity contribution is 5.99. The number of aliphatic hydroxyl groups is 3. The van der Waals surface area contributed by atoms with Gasteiger partial charge in [0.2, 0.25) is 17.3 Å². The predicted molar refractivity (Wildman–Crippen MR) is 110 cm³/mol. The van der Waals surface area contributed by atoms with Crippen molar-refractivity contribution in [2.45, 2.75) is 65.6 Å². The standard InChI is InChI=1S/C20H29N5O6/c1-18(2,3)13(29)15-23-14(21)10-16(24-15)25(8-22-10)20(17(30)19(4,5)6)12(28)11(27)9(7-26)31-20/h8-9,11-12,26-28H,7H2,1-6H3,(H2,21,23,24)/t9-,11-,12-,20+/m1/s1. The summed E-state index contributed by atoms with van der Waals surface area (Å²) in [6.45, 7) is 9.36. The van der Waals surface area contributed by atoms with Crippen LogP contribution in [0.15, 0.2) is 6.33 Å². The van der Waals surface area contributed by atoms with Crippen LogP contribution in [0.5, 0.6) is 0 Å². The molecule has 3 heterocycles. The number of carbonyl (C=O) groups is 2. The number of nitrogens with two attached hydrogens (primary N) is 1. The van der Waals surface area contributed by atoms with E-state index in [1.165, 1.54) is 6.33 Å². The Morgan fingerprint density at radius 1 is 1.16 bits per heavy atom. The van der Waals surface area contributed by atoms with Crippen LogP contribution in [0.2, 0.25) is 0 Å². The Kier molecular flexibility index (Phi) is 5.46. The highest BCUT2D eigenvalue weighted by atomic mass is 16.6. The maximum atomic E-state index is 13.5. The topological polar surface area (TPSA) is 174 Å². The zero-order valence-electron chi connectivity index (χ0n) is 18.4. The fraction of sp³-hybridized carbons (Fsp3) is 0.650. The number of fused-ring (bicyclic) bond motifs is 1. The zero-order chi connectivity index (χ0) is 23.5. The Labute approximate surface area is 179 Å². The molecular formula is C20H29N5O6. The number of hydrogen-bond donors (Lipinski definition) is 4. The third kappa shape index (κ3) is 3.51. The van der Waals surface area contributed by atoms with Crippen LogP contribution in [0.4, 0.5) is 5.82 Å². The SMILES string of the molecule is CC(C)(C)C(=O)c1nc(N)c2ncn([C@]3(C(=O)C(C)(C)C)O[C@H](CO)[C@@H](O)[C@H]3O)c2n1. The van der Waals surface area contributed by atoms with Crippen molar-refractivity contribution in [3.63, 3.8) is 0 Å². The number of aromatic nitrogens is 4. The first kappa shape index (κ1) is 23.2. The lowest BCUT2D eigenvalue weighted by molar-refractivity contribution is -0.181. The number of rotatable bonds is 4. The van der Waals surface area contributed by atoms with E-state index in [0.717, 1.165) is 4.57 Å². The second-order valence-corrected chi connectivity index (χ2v) is 9.85. The quantitative estimate of drug-likeness (QED) is 0.479. The van der Waals surface area contributed by atoms with E-state index in [4.69, 9.17) is 10.5 Å². The highest BCUT2D eigenvalue weighted by Crippen LogP contribution is 2.42. The fourth-order valence-corrected chi connectivity index (χ4v) is 3.59. The molecule has 3 rings (SSSR count). The first-order valence-corrected chi connectivity index (χ1v) is 9.91. The Morgan fingerprint density at radius 3 is 2.26 bits per heavy atom. The van der Waals surface area contributed by atoms with Gasteiger partial charge in [-0.15, -0.1) is 0 Å². The molecule has 1 saturated heterocycles. The van der Waals surface area contributed by atoms with Crippen LogP contribution in [0.1, 0.15) is 52.2 Å². The second kappa shape index (κ2) is 7.30. The van der Waals surface area contributed by atoms with Gasteiger partial charge < -0.3 is 25.8 Å². The minimum absolute atomic E-state index is 0.0115. The molecule has 2 aromatic rings. The van der Waals surface area contributed by atoms with E-state index in [-0.39, 0.29) is 28.6 Å². The summed E-state index contributed by atoms with van der Waals surface area (Å²) in [5.41, 5.74) is 2.13. The number of nitrogens with zero attached hydrogens (tertiary/aromatic N) is 4. The molecule has 0 aromatic carbocycles. The number of nitrogen functional groups attached to an aromatic ring is 1. The van der Waals surface area contributed by atoms with E-state index in [2.05, 4.69) is 15.0 Å². The number of imidazole rings is 1. The summed E-state index contributed by atoms with van der Waals surface area (Å²) in [5.74, 6) is -1.22. The molecule has 1 aliphatic heterocycles. The molecule has 31 heavy (non-hydrogen) atoms. The summed E-state index contributed by atoms with van der Waals surface area (Å²) in [5, 5.41) is 31.0. The van der Waals surface area contributed by atoms with Crippen molar-refractivity contribution in [1.29, 1.82) is 0 Å². The molecule has 0 unspecified atom stereocenters. The van der Waals surface area contributed by atoms with Crippen LogP contribution >= 0.6 is 0 Å². The maximum Gasteiger partial charge on any atom is 0.237 e. The molecule has 11 heteroatoms. The van der Waals surface area contributed by atoms with Crippen molar-refractivity contribution < 1.29 is 29.6 Å². The second-order valence-electron chi connectivity index (χ2n) is 9.85. The van der Waals surface area contributed by atoms with E-state index in [1.54, 1.807) is 41.5 Å². The number of aliphatic hydroxyl groups excluding tert-OH is 3. The third-order valence-corrected chi connectivity index (χ3v) is 5.29. The molecule has 0 saturated carbocycles. The predicted octanol–water partition coefficient (Wildman–Crippen LogP) is 0.0182. The molecular weight excluding hydrogens is 406 g/mol. The van der Waals surface area contributed by atoms with E-state index >= 15 is 0 Å². The van der Waals surface area contributed by atoms with Gasteiger partial charge in [0.15, 0.2) is 17.2 Å². The Morgan fingerprint density at radius 2 is 1.77 bits per heavy atom. The van der Waals surface area contributed by atoms with Crippen molar-refractivity contribution in [3.05, 3.63) is 12.2 Å². The third-order valence-electron chi connectivity index (χ3n) is 5.29. The molecule has 4 atom stereocenters. The van der Waals surface area contributed by atoms with Gasteiger partial charge in [-0.1, -0.05) is 41.5 Å². The maximum absolute atomic E-state index is 13.5. The van der Waals surface area contributed by atoms with Gasteiger partial charge >= 0.3 is 0 Å². The first-order chi connectivity index (χ1) is 14.2. The average Bonchev–Trinajstić information content (AvgIpc) is 3.20. The minimum atomic E-state index is -2.15. The van der Waals surface area contributed by atoms with Gasteiger partial charge in [0.05, 0.1) is 6.61 Å². The molecule has 0 amide bonds. The molecule has 11 nitrogen and oxygen atoms in total. The molecule has 1 aliphatic rings. The zero-order valence-corrected chi connectivity index (χ0v) is 18.4. The number of anilines is 1. The van der Waals surface area contributed by atoms with Crippen LogP contribution in [-0.2, 0) is 15.3 Å². The molecule has 170 valence electrons. The Hall–Kier alpha value is -2.47. The van der Waals surface area contributed by atoms with Crippen molar-refractivity contribution in [1.82, 2.24) is 19.5 Å². The van der Waals surface area contributed by atoms with Gasteiger partial charge in [-0.2, -0.15) is 0 Å². The molecule has 5 N–H and O–H groups in total. The van der Waals surface area contributed by atoms with Gasteiger partial charge in [-0.25, -0.2) is 15.0 Å². The summed E-state index contributed by atoms with van der Waals surface area (Å²) in [4.78, 5) is 38.8. The van der Waals surface area contributed by atoms with Gasteiger partial charge in [0.1, 0.15) is 30.2 Å². The van der Waals surface area contributed by atoms with Crippen LogP contribution in [0, 0.1) is 10.8 Å². The highest BCUT2D eigenvalue weighted by Gasteiger charge is 2.62. The molecule has 0 bridgehead atoms. The molecule has 0 radical (unpaired) electrons. The first-order valence-electron chi connectivity index (χ1n) is 9.91. The molecule has 0 spiro atoms. The van der Waals surface area contributed by atoms with E-state index in [9.17, 15) is 24.9 Å². The number of carbonyl (C=O) groups excluding carboxylic acids is 2. The fourth-order valence-electron chi connectivity index (χ4n) is 3.59. The lowest BCUT2D eigenvalue weighted by atomic mass is 9.81. The summed E-state index contributed by atoms with van der Waals surface area (Å²) in [7, 11) is 0. The Balaban J connectivity index is 2.33. The van der Waals surface area contributed by atoms with Crippen LogP contribution in [-0.4, -0.2) is 71.3 Å². The Bertz CT molecular complexity index is 1040. The summed E-state index contributed by atoms with van der Waals surface area (Å²) < 4.78 is 6.97. The van der Waals surface area contributed by atoms with E-state index in [1.807, 2.05) is 0 Å². The van der Waals surface area contributed by atoms with Crippen molar-refractivity contribution in [2.75, 3.05) is 12.3 Å². The normalized spacial score (nSPS) is 27.1. The van der Waals surface area contributed by atoms with E-state index < -0.39 is 47.3 Å². The lowest BCUT2D eigenvalue weighted by Gasteiger charge is -2.36. The molecule has 0 aliphatic carbocycles. The van der Waals surface area contributed by atoms with Crippen LogP contribution in [0.25, 0.3) is 11.2 Å². The van der Waals surface area contributed by atoms with Crippen LogP contribution in [0.3, 0.4) is 0 Å². The monoisotopic (exact) mass is 435 g/mol. The molecule has 2 aromatic heterocycles. The number of Topliss-reactive ketones (excluding diaryl/α,β-unsaturated/α-hetero) is 2. The number of hydrogen-bond acceptors (Lipinski definition) is 10. The summed E-state index contributed by atoms with van der Waals surface area (Å²) >= 11 is 0. The van der Waals surface area contributed by atoms with Crippen molar-refractivity contribution >= 4 is 28.5 Å².